The van der Waals surface area contributed by atoms with Crippen LogP contribution in [0.1, 0.15) is 22.1 Å². The summed E-state index contributed by atoms with van der Waals surface area (Å²) in [5.41, 5.74) is 1.93. The number of carbonyl (C=O) groups excluding carboxylic acids is 1. The molecule has 0 unspecified atom stereocenters. The number of aromatic amines is 1. The molecule has 1 atom stereocenters. The summed E-state index contributed by atoms with van der Waals surface area (Å²) < 4.78 is 0.876. The lowest BCUT2D eigenvalue weighted by Crippen LogP contribution is -2.28. The molecule has 0 saturated heterocycles. The molecule has 3 aromatic rings. The third-order valence-electron chi connectivity index (χ3n) is 3.15. The Morgan fingerprint density at radius 2 is 2.00 bits per heavy atom. The summed E-state index contributed by atoms with van der Waals surface area (Å²) in [5.74, 6) is -0.328. The molecule has 0 fully saturated rings. The summed E-state index contributed by atoms with van der Waals surface area (Å²) in [6.07, 6.45) is -1.03. The fourth-order valence-corrected chi connectivity index (χ4v) is 2.60. The monoisotopic (exact) mass is 393 g/mol. The molecule has 0 bridgehead atoms. The van der Waals surface area contributed by atoms with Crippen molar-refractivity contribution in [3.63, 3.8) is 0 Å². The minimum absolute atomic E-state index is 0.328. The van der Waals surface area contributed by atoms with E-state index in [1.54, 1.807) is 30.3 Å². The van der Waals surface area contributed by atoms with E-state index in [0.29, 0.717) is 11.1 Å². The number of benzene rings is 2. The first-order valence-corrected chi connectivity index (χ1v) is 7.40. The molecule has 0 spiro atoms. The van der Waals surface area contributed by atoms with Crippen LogP contribution in [-0.4, -0.2) is 21.2 Å². The fourth-order valence-electron chi connectivity index (χ4n) is 2.05. The van der Waals surface area contributed by atoms with Gasteiger partial charge in [-0.15, -0.1) is 0 Å². The first-order chi connectivity index (χ1) is 10.1. The normalized spacial score (nSPS) is 12.3. The summed E-state index contributed by atoms with van der Waals surface area (Å²) in [6.45, 7) is 0. The quantitative estimate of drug-likeness (QED) is 0.473. The van der Waals surface area contributed by atoms with E-state index in [-0.39, 0.29) is 5.91 Å². The van der Waals surface area contributed by atoms with Crippen molar-refractivity contribution in [2.24, 2.45) is 0 Å². The van der Waals surface area contributed by atoms with Gasteiger partial charge >= 0.3 is 0 Å². The molecule has 5 nitrogen and oxygen atoms in total. The standard InChI is InChI=1S/C15H12IN3O2/c16-13-11-8-10(6-7-12(11)18-19-13)15(21)17-14(20)9-4-2-1-3-5-9/h1-8,14,20H,(H,17,21)(H,18,19)/t14-/m0/s1. The van der Waals surface area contributed by atoms with Crippen LogP contribution in [0.5, 0.6) is 0 Å². The number of H-pyrrole nitrogens is 1. The summed E-state index contributed by atoms with van der Waals surface area (Å²) >= 11 is 2.13. The van der Waals surface area contributed by atoms with Crippen molar-refractivity contribution in [3.8, 4) is 0 Å². The highest BCUT2D eigenvalue weighted by molar-refractivity contribution is 14.1. The maximum absolute atomic E-state index is 12.2. The molecule has 0 saturated carbocycles. The van der Waals surface area contributed by atoms with Crippen LogP contribution in [0.25, 0.3) is 10.9 Å². The van der Waals surface area contributed by atoms with Crippen molar-refractivity contribution >= 4 is 39.4 Å². The maximum atomic E-state index is 12.2. The lowest BCUT2D eigenvalue weighted by atomic mass is 10.1. The molecule has 3 rings (SSSR count). The van der Waals surface area contributed by atoms with Crippen molar-refractivity contribution in [2.45, 2.75) is 6.23 Å². The Labute approximate surface area is 134 Å². The van der Waals surface area contributed by atoms with Crippen LogP contribution in [0.2, 0.25) is 0 Å². The number of amides is 1. The smallest absolute Gasteiger partial charge is 0.253 e. The summed E-state index contributed by atoms with van der Waals surface area (Å²) in [6, 6.07) is 14.2. The van der Waals surface area contributed by atoms with Crippen molar-refractivity contribution in [1.82, 2.24) is 15.5 Å². The molecule has 21 heavy (non-hydrogen) atoms. The van der Waals surface area contributed by atoms with Crippen LogP contribution >= 0.6 is 22.6 Å². The van der Waals surface area contributed by atoms with Crippen molar-refractivity contribution in [3.05, 3.63) is 63.4 Å². The molecular weight excluding hydrogens is 381 g/mol. The Morgan fingerprint density at radius 1 is 1.24 bits per heavy atom. The van der Waals surface area contributed by atoms with Crippen LogP contribution in [0.3, 0.4) is 0 Å². The number of fused-ring (bicyclic) bond motifs is 1. The minimum atomic E-state index is -1.03. The number of carbonyl (C=O) groups is 1. The van der Waals surface area contributed by atoms with Crippen molar-refractivity contribution < 1.29 is 9.90 Å². The molecule has 0 aliphatic carbocycles. The van der Waals surface area contributed by atoms with Gasteiger partial charge in [0.2, 0.25) is 0 Å². The van der Waals surface area contributed by atoms with Gasteiger partial charge in [-0.05, 0) is 40.8 Å². The van der Waals surface area contributed by atoms with Gasteiger partial charge in [0.15, 0.2) is 6.23 Å². The van der Waals surface area contributed by atoms with Crippen molar-refractivity contribution in [1.29, 1.82) is 0 Å². The average Bonchev–Trinajstić information content (AvgIpc) is 2.89. The molecule has 6 heteroatoms. The highest BCUT2D eigenvalue weighted by Crippen LogP contribution is 2.19. The number of halogens is 1. The largest absolute Gasteiger partial charge is 0.369 e. The topological polar surface area (TPSA) is 78.0 Å². The molecular formula is C15H12IN3O2. The van der Waals surface area contributed by atoms with Crippen molar-refractivity contribution in [2.75, 3.05) is 0 Å². The Hall–Kier alpha value is -1.93. The number of nitrogens with one attached hydrogen (secondary N) is 2. The fraction of sp³-hybridized carbons (Fsp3) is 0.0667. The molecule has 1 heterocycles. The number of hydrogen-bond acceptors (Lipinski definition) is 3. The minimum Gasteiger partial charge on any atom is -0.369 e. The Morgan fingerprint density at radius 3 is 2.76 bits per heavy atom. The van der Waals surface area contributed by atoms with E-state index in [1.165, 1.54) is 0 Å². The molecule has 1 aromatic heterocycles. The van der Waals surface area contributed by atoms with E-state index in [1.807, 2.05) is 18.2 Å². The van der Waals surface area contributed by atoms with E-state index >= 15 is 0 Å². The van der Waals surface area contributed by atoms with E-state index in [2.05, 4.69) is 38.1 Å². The number of aromatic nitrogens is 2. The van der Waals surface area contributed by atoms with Gasteiger partial charge in [0, 0.05) is 16.5 Å². The summed E-state index contributed by atoms with van der Waals surface area (Å²) in [7, 11) is 0. The predicted molar refractivity (Wildman–Crippen MR) is 87.7 cm³/mol. The van der Waals surface area contributed by atoms with Gasteiger partial charge in [-0.25, -0.2) is 0 Å². The van der Waals surface area contributed by atoms with Crippen LogP contribution in [0.15, 0.2) is 48.5 Å². The molecule has 106 valence electrons. The number of aliphatic hydroxyl groups is 1. The van der Waals surface area contributed by atoms with Gasteiger partial charge < -0.3 is 10.4 Å². The van der Waals surface area contributed by atoms with Gasteiger partial charge in [0.1, 0.15) is 3.70 Å². The molecule has 0 aliphatic heterocycles. The second kappa shape index (κ2) is 5.82. The number of aliphatic hydroxyl groups excluding tert-OH is 1. The van der Waals surface area contributed by atoms with E-state index in [9.17, 15) is 9.90 Å². The summed E-state index contributed by atoms with van der Waals surface area (Å²) in [4.78, 5) is 12.2. The third kappa shape index (κ3) is 2.91. The van der Waals surface area contributed by atoms with Crippen LogP contribution in [0.4, 0.5) is 0 Å². The zero-order valence-electron chi connectivity index (χ0n) is 10.9. The van der Waals surface area contributed by atoms with Gasteiger partial charge in [0.25, 0.3) is 5.91 Å². The Bertz CT molecular complexity index is 786. The lowest BCUT2D eigenvalue weighted by molar-refractivity contribution is 0.0784. The highest BCUT2D eigenvalue weighted by Gasteiger charge is 2.14. The van der Waals surface area contributed by atoms with Crippen LogP contribution in [-0.2, 0) is 0 Å². The van der Waals surface area contributed by atoms with E-state index in [4.69, 9.17) is 0 Å². The van der Waals surface area contributed by atoms with Gasteiger partial charge in [-0.2, -0.15) is 5.10 Å². The first kappa shape index (κ1) is 14.0. The molecule has 0 radical (unpaired) electrons. The second-order valence-electron chi connectivity index (χ2n) is 4.56. The van der Waals surface area contributed by atoms with Crippen LogP contribution in [0, 0.1) is 3.70 Å². The number of hydrogen-bond donors (Lipinski definition) is 3. The molecule has 0 aliphatic rings. The first-order valence-electron chi connectivity index (χ1n) is 6.32. The van der Waals surface area contributed by atoms with Gasteiger partial charge in [-0.1, -0.05) is 30.3 Å². The predicted octanol–water partition coefficient (Wildman–Crippen LogP) is 2.59. The van der Waals surface area contributed by atoms with Crippen LogP contribution < -0.4 is 5.32 Å². The third-order valence-corrected chi connectivity index (χ3v) is 3.98. The molecule has 3 N–H and O–H groups in total. The zero-order chi connectivity index (χ0) is 14.8. The number of nitrogens with zero attached hydrogens (tertiary/aromatic N) is 1. The van der Waals surface area contributed by atoms with E-state index in [0.717, 1.165) is 14.6 Å². The highest BCUT2D eigenvalue weighted by atomic mass is 127. The Balaban J connectivity index is 1.82. The molecule has 1 amide bonds. The van der Waals surface area contributed by atoms with Gasteiger partial charge in [-0.3, -0.25) is 9.89 Å². The van der Waals surface area contributed by atoms with E-state index < -0.39 is 6.23 Å². The molecule has 2 aromatic carbocycles. The average molecular weight is 393 g/mol. The lowest BCUT2D eigenvalue weighted by Gasteiger charge is -2.13. The zero-order valence-corrected chi connectivity index (χ0v) is 13.0. The Kier molecular flexibility index (Phi) is 3.89. The summed E-state index contributed by atoms with van der Waals surface area (Å²) in [5, 5.41) is 20.5. The SMILES string of the molecule is O=C(N[C@@H](O)c1ccccc1)c1ccc2n[nH]c(I)c2c1. The maximum Gasteiger partial charge on any atom is 0.253 e. The second-order valence-corrected chi connectivity index (χ2v) is 5.63. The van der Waals surface area contributed by atoms with Gasteiger partial charge in [0.05, 0.1) is 5.52 Å². The number of rotatable bonds is 3.